The van der Waals surface area contributed by atoms with Crippen LogP contribution in [0.1, 0.15) is 42.6 Å². The number of benzene rings is 1. The first-order valence-electron chi connectivity index (χ1n) is 7.89. The van der Waals surface area contributed by atoms with Crippen molar-refractivity contribution < 1.29 is 24.3 Å². The first-order chi connectivity index (χ1) is 11.7. The number of aliphatic carboxylic acids is 1. The molecular weight excluding hydrogens is 326 g/mol. The number of imide groups is 1. The smallest absolute Gasteiger partial charge is 0.324 e. The largest absolute Gasteiger partial charge is 0.481 e. The third kappa shape index (κ3) is 5.03. The summed E-state index contributed by atoms with van der Waals surface area (Å²) in [5.41, 5.74) is 0.505. The predicted molar refractivity (Wildman–Crippen MR) is 88.8 cm³/mol. The molecule has 134 valence electrons. The maximum absolute atomic E-state index is 12.3. The quantitative estimate of drug-likeness (QED) is 0.639. The molecule has 1 saturated heterocycles. The maximum atomic E-state index is 12.3. The first-order valence-corrected chi connectivity index (χ1v) is 7.89. The number of nitrogens with one attached hydrogen (secondary N) is 2. The number of rotatable bonds is 7. The van der Waals surface area contributed by atoms with Crippen molar-refractivity contribution in [1.29, 1.82) is 0 Å². The van der Waals surface area contributed by atoms with E-state index in [0.717, 1.165) is 10.5 Å². The van der Waals surface area contributed by atoms with Crippen LogP contribution in [0.4, 0.5) is 4.79 Å². The Balaban J connectivity index is 1.97. The second kappa shape index (κ2) is 7.33. The Morgan fingerprint density at radius 3 is 2.40 bits per heavy atom. The number of carbonyl (C=O) groups is 4. The monoisotopic (exact) mass is 347 g/mol. The SMILES string of the molecule is CC(C)(CCC(=O)O)NC(=O)c1ccc(CN2C(=O)CNC2=O)cc1. The van der Waals surface area contributed by atoms with Crippen molar-refractivity contribution in [3.63, 3.8) is 0 Å². The Bertz CT molecular complexity index is 681. The van der Waals surface area contributed by atoms with Crippen LogP contribution in [0.2, 0.25) is 0 Å². The van der Waals surface area contributed by atoms with Crippen molar-refractivity contribution in [3.05, 3.63) is 35.4 Å². The lowest BCUT2D eigenvalue weighted by molar-refractivity contribution is -0.137. The summed E-state index contributed by atoms with van der Waals surface area (Å²) >= 11 is 0. The number of carboxylic acid groups (broad SMARTS) is 1. The van der Waals surface area contributed by atoms with Crippen LogP contribution < -0.4 is 10.6 Å². The number of urea groups is 1. The minimum absolute atomic E-state index is 0.00471. The van der Waals surface area contributed by atoms with Crippen molar-refractivity contribution in [2.24, 2.45) is 0 Å². The fourth-order valence-corrected chi connectivity index (χ4v) is 2.42. The zero-order valence-electron chi connectivity index (χ0n) is 14.2. The second-order valence-corrected chi connectivity index (χ2v) is 6.57. The number of carbonyl (C=O) groups excluding carboxylic acids is 3. The molecule has 0 bridgehead atoms. The van der Waals surface area contributed by atoms with Crippen LogP contribution in [-0.4, -0.2) is 45.9 Å². The van der Waals surface area contributed by atoms with E-state index >= 15 is 0 Å². The van der Waals surface area contributed by atoms with E-state index < -0.39 is 17.5 Å². The fourth-order valence-electron chi connectivity index (χ4n) is 2.42. The highest BCUT2D eigenvalue weighted by atomic mass is 16.4. The van der Waals surface area contributed by atoms with Gasteiger partial charge in [0, 0.05) is 17.5 Å². The summed E-state index contributed by atoms with van der Waals surface area (Å²) in [6, 6.07) is 6.15. The van der Waals surface area contributed by atoms with Gasteiger partial charge in [0.1, 0.15) is 0 Å². The van der Waals surface area contributed by atoms with Gasteiger partial charge < -0.3 is 15.7 Å². The molecule has 4 amide bonds. The van der Waals surface area contributed by atoms with Gasteiger partial charge in [0.25, 0.3) is 5.91 Å². The summed E-state index contributed by atoms with van der Waals surface area (Å²) in [5.74, 6) is -1.50. The van der Waals surface area contributed by atoms with E-state index in [2.05, 4.69) is 10.6 Å². The van der Waals surface area contributed by atoms with E-state index in [1.54, 1.807) is 38.1 Å². The average Bonchev–Trinajstić information content (AvgIpc) is 2.85. The van der Waals surface area contributed by atoms with Gasteiger partial charge in [-0.2, -0.15) is 0 Å². The zero-order chi connectivity index (χ0) is 18.6. The number of hydrogen-bond donors (Lipinski definition) is 3. The van der Waals surface area contributed by atoms with Gasteiger partial charge in [0.05, 0.1) is 13.1 Å². The molecule has 3 N–H and O–H groups in total. The van der Waals surface area contributed by atoms with Crippen LogP contribution >= 0.6 is 0 Å². The number of carboxylic acids is 1. The predicted octanol–water partition coefficient (Wildman–Crippen LogP) is 1.11. The van der Waals surface area contributed by atoms with Crippen molar-refractivity contribution in [1.82, 2.24) is 15.5 Å². The van der Waals surface area contributed by atoms with E-state index in [4.69, 9.17) is 5.11 Å². The lowest BCUT2D eigenvalue weighted by atomic mass is 9.97. The molecule has 1 aromatic carbocycles. The minimum atomic E-state index is -0.910. The topological polar surface area (TPSA) is 116 Å². The van der Waals surface area contributed by atoms with Gasteiger partial charge in [-0.05, 0) is 38.0 Å². The molecule has 0 unspecified atom stereocenters. The summed E-state index contributed by atoms with van der Waals surface area (Å²) in [6.45, 7) is 3.68. The van der Waals surface area contributed by atoms with Gasteiger partial charge in [0.2, 0.25) is 5.91 Å². The fraction of sp³-hybridized carbons (Fsp3) is 0.412. The second-order valence-electron chi connectivity index (χ2n) is 6.57. The first kappa shape index (κ1) is 18.4. The van der Waals surface area contributed by atoms with Gasteiger partial charge in [-0.15, -0.1) is 0 Å². The Hall–Kier alpha value is -2.90. The standard InChI is InChI=1S/C17H21N3O5/c1-17(2,8-7-14(22)23)19-15(24)12-5-3-11(4-6-12)10-20-13(21)9-18-16(20)25/h3-6H,7-10H2,1-2H3,(H,18,25)(H,19,24)(H,22,23). The molecular formula is C17H21N3O5. The van der Waals surface area contributed by atoms with Crippen LogP contribution in [0.15, 0.2) is 24.3 Å². The molecule has 0 aliphatic carbocycles. The van der Waals surface area contributed by atoms with E-state index in [9.17, 15) is 19.2 Å². The molecule has 0 aromatic heterocycles. The molecule has 2 rings (SSSR count). The van der Waals surface area contributed by atoms with Crippen LogP contribution in [0.5, 0.6) is 0 Å². The molecule has 0 atom stereocenters. The van der Waals surface area contributed by atoms with E-state index in [1.807, 2.05) is 0 Å². The van der Waals surface area contributed by atoms with Crippen LogP contribution in [-0.2, 0) is 16.1 Å². The maximum Gasteiger partial charge on any atom is 0.324 e. The molecule has 0 saturated carbocycles. The number of hydrogen-bond acceptors (Lipinski definition) is 4. The van der Waals surface area contributed by atoms with Gasteiger partial charge in [-0.25, -0.2) is 4.79 Å². The lowest BCUT2D eigenvalue weighted by Crippen LogP contribution is -2.43. The Morgan fingerprint density at radius 2 is 1.88 bits per heavy atom. The van der Waals surface area contributed by atoms with Crippen molar-refractivity contribution in [3.8, 4) is 0 Å². The molecule has 8 nitrogen and oxygen atoms in total. The van der Waals surface area contributed by atoms with E-state index in [1.165, 1.54) is 0 Å². The van der Waals surface area contributed by atoms with Crippen LogP contribution in [0, 0.1) is 0 Å². The van der Waals surface area contributed by atoms with Gasteiger partial charge in [0.15, 0.2) is 0 Å². The molecule has 0 spiro atoms. The molecule has 1 aliphatic heterocycles. The number of amides is 4. The molecule has 1 heterocycles. The zero-order valence-corrected chi connectivity index (χ0v) is 14.2. The average molecular weight is 347 g/mol. The highest BCUT2D eigenvalue weighted by molar-refractivity contribution is 6.01. The lowest BCUT2D eigenvalue weighted by Gasteiger charge is -2.25. The van der Waals surface area contributed by atoms with Crippen molar-refractivity contribution in [2.75, 3.05) is 6.54 Å². The number of nitrogens with zero attached hydrogens (tertiary/aromatic N) is 1. The summed E-state index contributed by atoms with van der Waals surface area (Å²) in [6.07, 6.45) is 0.288. The Labute approximate surface area is 145 Å². The highest BCUT2D eigenvalue weighted by Crippen LogP contribution is 2.14. The molecule has 0 radical (unpaired) electrons. The van der Waals surface area contributed by atoms with E-state index in [0.29, 0.717) is 12.0 Å². The molecule has 1 aliphatic rings. The summed E-state index contributed by atoms with van der Waals surface area (Å²) < 4.78 is 0. The normalized spacial score (nSPS) is 14.4. The highest BCUT2D eigenvalue weighted by Gasteiger charge is 2.28. The molecule has 1 aromatic rings. The van der Waals surface area contributed by atoms with Gasteiger partial charge in [-0.3, -0.25) is 19.3 Å². The van der Waals surface area contributed by atoms with Gasteiger partial charge in [-0.1, -0.05) is 12.1 Å². The summed E-state index contributed by atoms with van der Waals surface area (Å²) in [4.78, 5) is 47.1. The summed E-state index contributed by atoms with van der Waals surface area (Å²) in [7, 11) is 0. The Kier molecular flexibility index (Phi) is 5.41. The third-order valence-corrected chi connectivity index (χ3v) is 3.91. The third-order valence-electron chi connectivity index (χ3n) is 3.91. The minimum Gasteiger partial charge on any atom is -0.481 e. The van der Waals surface area contributed by atoms with Crippen LogP contribution in [0.3, 0.4) is 0 Å². The Morgan fingerprint density at radius 1 is 1.24 bits per heavy atom. The van der Waals surface area contributed by atoms with Crippen LogP contribution in [0.25, 0.3) is 0 Å². The van der Waals surface area contributed by atoms with Crippen molar-refractivity contribution >= 4 is 23.8 Å². The summed E-state index contributed by atoms with van der Waals surface area (Å²) in [5, 5.41) is 14.0. The molecule has 1 fully saturated rings. The van der Waals surface area contributed by atoms with Gasteiger partial charge >= 0.3 is 12.0 Å². The van der Waals surface area contributed by atoms with Crippen molar-refractivity contribution in [2.45, 2.75) is 38.8 Å². The molecule has 25 heavy (non-hydrogen) atoms. The molecule has 8 heteroatoms. The van der Waals surface area contributed by atoms with E-state index in [-0.39, 0.29) is 31.3 Å².